The summed E-state index contributed by atoms with van der Waals surface area (Å²) >= 11 is 1.83. The Hall–Kier alpha value is -1.20. The molecule has 18 heavy (non-hydrogen) atoms. The average molecular weight is 267 g/mol. The second-order valence-corrected chi connectivity index (χ2v) is 5.15. The molecule has 0 atom stereocenters. The van der Waals surface area contributed by atoms with Crippen molar-refractivity contribution in [2.24, 2.45) is 5.73 Å². The van der Waals surface area contributed by atoms with Crippen LogP contribution in [0.5, 0.6) is 11.5 Å². The van der Waals surface area contributed by atoms with E-state index in [9.17, 15) is 4.79 Å². The number of hydrogen-bond donors (Lipinski definition) is 1. The van der Waals surface area contributed by atoms with Gasteiger partial charge in [-0.1, -0.05) is 6.07 Å². The van der Waals surface area contributed by atoms with Crippen LogP contribution in [0.3, 0.4) is 0 Å². The van der Waals surface area contributed by atoms with Gasteiger partial charge in [0.25, 0.3) is 0 Å². The maximum Gasteiger partial charge on any atom is 0.172 e. The van der Waals surface area contributed by atoms with Crippen LogP contribution in [-0.4, -0.2) is 37.0 Å². The van der Waals surface area contributed by atoms with E-state index in [-0.39, 0.29) is 11.9 Å². The van der Waals surface area contributed by atoms with Crippen LogP contribution in [0.1, 0.15) is 16.8 Å². The van der Waals surface area contributed by atoms with Gasteiger partial charge in [0, 0.05) is 17.9 Å². The van der Waals surface area contributed by atoms with Crippen molar-refractivity contribution in [1.82, 2.24) is 0 Å². The lowest BCUT2D eigenvalue weighted by Gasteiger charge is -2.27. The Bertz CT molecular complexity index is 432. The van der Waals surface area contributed by atoms with E-state index >= 15 is 0 Å². The van der Waals surface area contributed by atoms with Gasteiger partial charge in [-0.05, 0) is 18.7 Å². The van der Waals surface area contributed by atoms with Crippen molar-refractivity contribution in [2.75, 3.05) is 25.2 Å². The van der Waals surface area contributed by atoms with Crippen LogP contribution < -0.4 is 15.2 Å². The first-order valence-corrected chi connectivity index (χ1v) is 7.06. The van der Waals surface area contributed by atoms with Crippen LogP contribution in [0.25, 0.3) is 0 Å². The summed E-state index contributed by atoms with van der Waals surface area (Å²) in [5.74, 6) is 3.09. The maximum absolute atomic E-state index is 12.0. The monoisotopic (exact) mass is 267 g/mol. The fourth-order valence-electron chi connectivity index (χ4n) is 1.73. The molecule has 0 bridgehead atoms. The number of rotatable bonds is 6. The molecule has 4 nitrogen and oxygen atoms in total. The van der Waals surface area contributed by atoms with E-state index in [2.05, 4.69) is 0 Å². The second kappa shape index (κ2) is 6.11. The molecule has 0 radical (unpaired) electrons. The fourth-order valence-corrected chi connectivity index (χ4v) is 2.30. The number of ketones is 1. The van der Waals surface area contributed by atoms with E-state index in [1.54, 1.807) is 25.3 Å². The van der Waals surface area contributed by atoms with Crippen molar-refractivity contribution in [2.45, 2.75) is 12.5 Å². The summed E-state index contributed by atoms with van der Waals surface area (Å²) in [5.41, 5.74) is 6.00. The number of carbonyl (C=O) groups is 1. The highest BCUT2D eigenvalue weighted by molar-refractivity contribution is 8.00. The highest BCUT2D eigenvalue weighted by Gasteiger charge is 2.24. The minimum absolute atomic E-state index is 0.00150. The van der Waals surface area contributed by atoms with Crippen LogP contribution in [0.15, 0.2) is 18.2 Å². The Morgan fingerprint density at radius 3 is 2.83 bits per heavy atom. The number of ether oxygens (including phenoxy) is 2. The maximum atomic E-state index is 12.0. The Balaban J connectivity index is 2.27. The van der Waals surface area contributed by atoms with Gasteiger partial charge >= 0.3 is 0 Å². The molecule has 1 aromatic carbocycles. The molecule has 0 aliphatic carbocycles. The first-order chi connectivity index (χ1) is 8.76. The number of carbonyl (C=O) groups excluding carboxylic acids is 1. The highest BCUT2D eigenvalue weighted by Crippen LogP contribution is 2.35. The molecule has 0 unspecified atom stereocenters. The van der Waals surface area contributed by atoms with Gasteiger partial charge in [-0.25, -0.2) is 0 Å². The quantitative estimate of drug-likeness (QED) is 0.795. The van der Waals surface area contributed by atoms with E-state index < -0.39 is 0 Å². The van der Waals surface area contributed by atoms with E-state index in [4.69, 9.17) is 15.2 Å². The van der Waals surface area contributed by atoms with Crippen LogP contribution in [-0.2, 0) is 0 Å². The van der Waals surface area contributed by atoms with Crippen molar-refractivity contribution in [3.8, 4) is 11.5 Å². The highest BCUT2D eigenvalue weighted by atomic mass is 32.2. The molecule has 2 rings (SSSR count). The van der Waals surface area contributed by atoms with Gasteiger partial charge in [0.05, 0.1) is 12.7 Å². The summed E-state index contributed by atoms with van der Waals surface area (Å²) in [5, 5.41) is 0. The summed E-state index contributed by atoms with van der Waals surface area (Å²) in [6.45, 7) is 0.342. The molecular formula is C13H17NO3S. The SMILES string of the molecule is COc1cccc(C(=O)CCN)c1OC1CSC1. The smallest absolute Gasteiger partial charge is 0.172 e. The normalized spacial score (nSPS) is 15.0. The summed E-state index contributed by atoms with van der Waals surface area (Å²) < 4.78 is 11.1. The Labute approximate surface area is 111 Å². The topological polar surface area (TPSA) is 61.5 Å². The Morgan fingerprint density at radius 1 is 1.50 bits per heavy atom. The predicted octanol–water partition coefficient (Wildman–Crippen LogP) is 1.72. The first kappa shape index (κ1) is 13.2. The zero-order chi connectivity index (χ0) is 13.0. The molecule has 5 heteroatoms. The molecule has 0 aromatic heterocycles. The lowest BCUT2D eigenvalue weighted by Crippen LogP contribution is -2.31. The molecule has 2 N–H and O–H groups in total. The third kappa shape index (κ3) is 2.79. The van der Waals surface area contributed by atoms with Gasteiger partial charge < -0.3 is 15.2 Å². The van der Waals surface area contributed by atoms with Crippen LogP contribution in [0.2, 0.25) is 0 Å². The standard InChI is InChI=1S/C13H17NO3S/c1-16-12-4-2-3-10(11(15)5-6-14)13(12)17-9-7-18-8-9/h2-4,9H,5-8,14H2,1H3. The van der Waals surface area contributed by atoms with Gasteiger partial charge in [0.2, 0.25) is 0 Å². The lowest BCUT2D eigenvalue weighted by molar-refractivity contribution is 0.0978. The van der Waals surface area contributed by atoms with E-state index in [1.165, 1.54) is 0 Å². The van der Waals surface area contributed by atoms with Crippen molar-refractivity contribution >= 4 is 17.5 Å². The molecule has 1 aliphatic rings. The number of benzene rings is 1. The zero-order valence-electron chi connectivity index (χ0n) is 10.3. The fraction of sp³-hybridized carbons (Fsp3) is 0.462. The van der Waals surface area contributed by atoms with Gasteiger partial charge in [0.15, 0.2) is 17.3 Å². The van der Waals surface area contributed by atoms with Gasteiger partial charge in [0.1, 0.15) is 6.10 Å². The molecular weight excluding hydrogens is 250 g/mol. The van der Waals surface area contributed by atoms with E-state index in [0.29, 0.717) is 30.0 Å². The van der Waals surface area contributed by atoms with E-state index in [0.717, 1.165) is 11.5 Å². The largest absolute Gasteiger partial charge is 0.493 e. The van der Waals surface area contributed by atoms with Crippen LogP contribution in [0.4, 0.5) is 0 Å². The molecule has 0 saturated carbocycles. The van der Waals surface area contributed by atoms with E-state index in [1.807, 2.05) is 11.8 Å². The molecule has 1 aliphatic heterocycles. The number of methoxy groups -OCH3 is 1. The van der Waals surface area contributed by atoms with Gasteiger partial charge in [-0.3, -0.25) is 4.79 Å². The van der Waals surface area contributed by atoms with Crippen molar-refractivity contribution < 1.29 is 14.3 Å². The predicted molar refractivity (Wildman–Crippen MR) is 72.7 cm³/mol. The van der Waals surface area contributed by atoms with Crippen LogP contribution in [0, 0.1) is 0 Å². The van der Waals surface area contributed by atoms with Crippen molar-refractivity contribution in [3.63, 3.8) is 0 Å². The molecule has 0 spiro atoms. The molecule has 1 saturated heterocycles. The third-order valence-corrected chi connectivity index (χ3v) is 3.98. The second-order valence-electron chi connectivity index (χ2n) is 4.08. The summed E-state index contributed by atoms with van der Waals surface area (Å²) in [4.78, 5) is 12.0. The molecule has 98 valence electrons. The number of hydrogen-bond acceptors (Lipinski definition) is 5. The first-order valence-electron chi connectivity index (χ1n) is 5.91. The number of para-hydroxylation sites is 1. The van der Waals surface area contributed by atoms with Gasteiger partial charge in [-0.15, -0.1) is 0 Å². The molecule has 1 fully saturated rings. The number of nitrogens with two attached hydrogens (primary N) is 1. The summed E-state index contributed by atoms with van der Waals surface area (Å²) in [6, 6.07) is 5.37. The lowest BCUT2D eigenvalue weighted by atomic mass is 10.1. The third-order valence-electron chi connectivity index (χ3n) is 2.76. The minimum atomic E-state index is -0.00150. The van der Waals surface area contributed by atoms with Crippen molar-refractivity contribution in [3.05, 3.63) is 23.8 Å². The number of Topliss-reactive ketones (excluding diaryl/α,β-unsaturated/α-hetero) is 1. The number of thioether (sulfide) groups is 1. The molecule has 0 amide bonds. The zero-order valence-corrected chi connectivity index (χ0v) is 11.2. The Morgan fingerprint density at radius 2 is 2.28 bits per heavy atom. The minimum Gasteiger partial charge on any atom is -0.493 e. The average Bonchev–Trinajstić information content (AvgIpc) is 2.33. The van der Waals surface area contributed by atoms with Gasteiger partial charge in [-0.2, -0.15) is 11.8 Å². The van der Waals surface area contributed by atoms with Crippen molar-refractivity contribution in [1.29, 1.82) is 0 Å². The molecule has 1 heterocycles. The van der Waals surface area contributed by atoms with Crippen LogP contribution >= 0.6 is 11.8 Å². The molecule has 1 aromatic rings. The summed E-state index contributed by atoms with van der Waals surface area (Å²) in [7, 11) is 1.58. The summed E-state index contributed by atoms with van der Waals surface area (Å²) in [6.07, 6.45) is 0.499. The Kier molecular flexibility index (Phi) is 4.49.